The number of allylic oxidation sites excluding steroid dienone is 3. The van der Waals surface area contributed by atoms with Gasteiger partial charge < -0.3 is 24.3 Å². The monoisotopic (exact) mass is 463 g/mol. The van der Waals surface area contributed by atoms with Gasteiger partial charge >= 0.3 is 0 Å². The molecule has 1 aliphatic carbocycles. The van der Waals surface area contributed by atoms with Crippen molar-refractivity contribution in [3.05, 3.63) is 95.5 Å². The third kappa shape index (κ3) is 5.51. The van der Waals surface area contributed by atoms with Crippen molar-refractivity contribution in [3.63, 3.8) is 0 Å². The molecule has 4 atom stereocenters. The molecule has 1 fully saturated rings. The summed E-state index contributed by atoms with van der Waals surface area (Å²) in [7, 11) is 4.81. The van der Waals surface area contributed by atoms with Crippen LogP contribution < -0.4 is 19.5 Å². The molecule has 1 heterocycles. The number of ether oxygens (including phenoxy) is 4. The van der Waals surface area contributed by atoms with Gasteiger partial charge in [-0.05, 0) is 59.2 Å². The SMILES string of the molecule is COc1cc(/C=C\C2=CC(C)C(N/C=C\C3OC3c3ccc(F)cc3)C=C2)cc(OC)c1OC. The maximum absolute atomic E-state index is 13.1. The molecule has 2 aliphatic rings. The van der Waals surface area contributed by atoms with Gasteiger partial charge in [0.1, 0.15) is 18.0 Å². The van der Waals surface area contributed by atoms with Crippen molar-refractivity contribution in [2.45, 2.75) is 25.2 Å². The van der Waals surface area contributed by atoms with Gasteiger partial charge in [0.25, 0.3) is 0 Å². The average Bonchev–Trinajstić information content (AvgIpc) is 3.63. The maximum Gasteiger partial charge on any atom is 0.203 e. The van der Waals surface area contributed by atoms with Crippen molar-refractivity contribution in [1.29, 1.82) is 0 Å². The van der Waals surface area contributed by atoms with Crippen LogP contribution in [0, 0.1) is 11.7 Å². The summed E-state index contributed by atoms with van der Waals surface area (Å²) < 4.78 is 35.0. The van der Waals surface area contributed by atoms with Crippen molar-refractivity contribution in [1.82, 2.24) is 5.32 Å². The molecule has 0 saturated carbocycles. The van der Waals surface area contributed by atoms with Crippen LogP contribution in [0.25, 0.3) is 6.08 Å². The molecule has 0 aromatic heterocycles. The van der Waals surface area contributed by atoms with Crippen LogP contribution >= 0.6 is 0 Å². The van der Waals surface area contributed by atoms with Gasteiger partial charge in [-0.25, -0.2) is 4.39 Å². The highest BCUT2D eigenvalue weighted by Gasteiger charge is 2.37. The van der Waals surface area contributed by atoms with E-state index >= 15 is 0 Å². The summed E-state index contributed by atoms with van der Waals surface area (Å²) in [5.41, 5.74) is 3.08. The number of nitrogens with one attached hydrogen (secondary N) is 1. The highest BCUT2D eigenvalue weighted by molar-refractivity contribution is 5.64. The zero-order chi connectivity index (χ0) is 24.1. The zero-order valence-electron chi connectivity index (χ0n) is 19.8. The third-order valence-corrected chi connectivity index (χ3v) is 5.97. The molecule has 6 heteroatoms. The van der Waals surface area contributed by atoms with Crippen LogP contribution in [0.15, 0.2) is 78.6 Å². The molecule has 34 heavy (non-hydrogen) atoms. The van der Waals surface area contributed by atoms with Crippen LogP contribution in [0.5, 0.6) is 17.2 Å². The minimum atomic E-state index is -0.234. The molecule has 0 spiro atoms. The minimum Gasteiger partial charge on any atom is -0.493 e. The number of hydrogen-bond acceptors (Lipinski definition) is 5. The fourth-order valence-electron chi connectivity index (χ4n) is 4.01. The van der Waals surface area contributed by atoms with Gasteiger partial charge in [0, 0.05) is 0 Å². The van der Waals surface area contributed by atoms with E-state index in [9.17, 15) is 4.39 Å². The Kier molecular flexibility index (Phi) is 7.38. The normalized spacial score (nSPS) is 23.7. The predicted octanol–water partition coefficient (Wildman–Crippen LogP) is 5.61. The van der Waals surface area contributed by atoms with Crippen LogP contribution in [0.1, 0.15) is 24.2 Å². The first-order valence-corrected chi connectivity index (χ1v) is 11.2. The molecule has 2 aromatic rings. The van der Waals surface area contributed by atoms with Crippen molar-refractivity contribution in [3.8, 4) is 17.2 Å². The fourth-order valence-corrected chi connectivity index (χ4v) is 4.01. The van der Waals surface area contributed by atoms with E-state index in [2.05, 4.69) is 36.5 Å². The van der Waals surface area contributed by atoms with Gasteiger partial charge in [-0.2, -0.15) is 0 Å². The van der Waals surface area contributed by atoms with Gasteiger partial charge in [-0.15, -0.1) is 0 Å². The van der Waals surface area contributed by atoms with Crippen molar-refractivity contribution in [2.75, 3.05) is 21.3 Å². The van der Waals surface area contributed by atoms with E-state index in [1.165, 1.54) is 12.1 Å². The Bertz CT molecular complexity index is 1090. The van der Waals surface area contributed by atoms with E-state index in [0.717, 1.165) is 16.7 Å². The second-order valence-electron chi connectivity index (χ2n) is 8.30. The first kappa shape index (κ1) is 23.6. The Morgan fingerprint density at radius 2 is 1.68 bits per heavy atom. The van der Waals surface area contributed by atoms with Crippen LogP contribution in [0.2, 0.25) is 0 Å². The molecule has 4 rings (SSSR count). The molecule has 1 aliphatic heterocycles. The summed E-state index contributed by atoms with van der Waals surface area (Å²) >= 11 is 0. The number of methoxy groups -OCH3 is 3. The van der Waals surface area contributed by atoms with E-state index in [1.54, 1.807) is 33.5 Å². The van der Waals surface area contributed by atoms with Crippen molar-refractivity contribution < 1.29 is 23.3 Å². The van der Waals surface area contributed by atoms with Crippen LogP contribution in [-0.2, 0) is 4.74 Å². The van der Waals surface area contributed by atoms with E-state index in [1.807, 2.05) is 30.5 Å². The first-order valence-electron chi connectivity index (χ1n) is 11.2. The van der Waals surface area contributed by atoms with Gasteiger partial charge in [0.05, 0.1) is 27.4 Å². The molecule has 5 nitrogen and oxygen atoms in total. The minimum absolute atomic E-state index is 0.00445. The molecule has 4 unspecified atom stereocenters. The summed E-state index contributed by atoms with van der Waals surface area (Å²) in [6.45, 7) is 2.18. The largest absolute Gasteiger partial charge is 0.493 e. The third-order valence-electron chi connectivity index (χ3n) is 5.97. The molecule has 1 saturated heterocycles. The fraction of sp³-hybridized carbons (Fsp3) is 0.286. The quantitative estimate of drug-likeness (QED) is 0.490. The molecule has 0 bridgehead atoms. The van der Waals surface area contributed by atoms with E-state index in [-0.39, 0.29) is 24.1 Å². The number of rotatable bonds is 9. The molecule has 0 amide bonds. The lowest BCUT2D eigenvalue weighted by Gasteiger charge is -2.22. The lowest BCUT2D eigenvalue weighted by atomic mass is 9.92. The van der Waals surface area contributed by atoms with Gasteiger partial charge in [-0.1, -0.05) is 49.4 Å². The Labute approximate surface area is 200 Å². The molecule has 1 N–H and O–H groups in total. The number of halogens is 1. The number of benzene rings is 2. The number of epoxide rings is 1. The van der Waals surface area contributed by atoms with E-state index < -0.39 is 0 Å². The van der Waals surface area contributed by atoms with Crippen LogP contribution in [0.4, 0.5) is 4.39 Å². The molecule has 178 valence electrons. The highest BCUT2D eigenvalue weighted by Crippen LogP contribution is 2.40. The summed E-state index contributed by atoms with van der Waals surface area (Å²) in [6, 6.07) is 10.5. The van der Waals surface area contributed by atoms with E-state index in [4.69, 9.17) is 18.9 Å². The lowest BCUT2D eigenvalue weighted by Crippen LogP contribution is -2.30. The topological polar surface area (TPSA) is 52.2 Å². The lowest BCUT2D eigenvalue weighted by molar-refractivity contribution is 0.324. The Hall–Kier alpha value is -3.51. The van der Waals surface area contributed by atoms with Crippen LogP contribution in [-0.4, -0.2) is 33.5 Å². The Morgan fingerprint density at radius 3 is 2.29 bits per heavy atom. The second-order valence-corrected chi connectivity index (χ2v) is 8.30. The van der Waals surface area contributed by atoms with Crippen molar-refractivity contribution in [2.24, 2.45) is 5.92 Å². The summed E-state index contributed by atoms with van der Waals surface area (Å²) in [4.78, 5) is 0. The number of hydrogen-bond donors (Lipinski definition) is 1. The summed E-state index contributed by atoms with van der Waals surface area (Å²) in [5, 5.41) is 3.44. The molecule has 0 radical (unpaired) electrons. The standard InChI is InChI=1S/C28H30FNO4/c1-18-15-19(5-6-20-16-25(31-2)28(33-4)26(17-20)32-3)7-12-23(18)30-14-13-24-27(34-24)21-8-10-22(29)11-9-21/h5-18,23-24,27,30H,1-4H3/b6-5-,14-13-. The average molecular weight is 464 g/mol. The predicted molar refractivity (Wildman–Crippen MR) is 132 cm³/mol. The van der Waals surface area contributed by atoms with Gasteiger partial charge in [-0.3, -0.25) is 0 Å². The van der Waals surface area contributed by atoms with Crippen molar-refractivity contribution >= 4 is 6.08 Å². The smallest absolute Gasteiger partial charge is 0.203 e. The molecule has 2 aromatic carbocycles. The second kappa shape index (κ2) is 10.6. The van der Waals surface area contributed by atoms with Crippen LogP contribution in [0.3, 0.4) is 0 Å². The zero-order valence-corrected chi connectivity index (χ0v) is 19.8. The summed E-state index contributed by atoms with van der Waals surface area (Å²) in [6.07, 6.45) is 14.6. The van der Waals surface area contributed by atoms with E-state index in [0.29, 0.717) is 23.2 Å². The Balaban J connectivity index is 1.32. The molecular weight excluding hydrogens is 433 g/mol. The van der Waals surface area contributed by atoms with Gasteiger partial charge in [0.15, 0.2) is 11.5 Å². The Morgan fingerprint density at radius 1 is 0.971 bits per heavy atom. The first-order chi connectivity index (χ1) is 16.5. The van der Waals surface area contributed by atoms with Gasteiger partial charge in [0.2, 0.25) is 5.75 Å². The summed E-state index contributed by atoms with van der Waals surface area (Å²) in [5.74, 6) is 1.90. The highest BCUT2D eigenvalue weighted by atomic mass is 19.1. The molecular formula is C28H30FNO4. The maximum atomic E-state index is 13.1.